The third-order valence-electron chi connectivity index (χ3n) is 3.80. The Labute approximate surface area is 158 Å². The molecule has 0 saturated carbocycles. The number of carbonyl (C=O) groups is 2. The number of aromatic nitrogens is 5. The molecule has 0 unspecified atom stereocenters. The van der Waals surface area contributed by atoms with Gasteiger partial charge in [0, 0.05) is 0 Å². The predicted molar refractivity (Wildman–Crippen MR) is 97.1 cm³/mol. The molecule has 11 heteroatoms. The van der Waals surface area contributed by atoms with Gasteiger partial charge in [-0.1, -0.05) is 5.21 Å². The maximum absolute atomic E-state index is 12.6. The van der Waals surface area contributed by atoms with Gasteiger partial charge < -0.3 is 14.8 Å². The van der Waals surface area contributed by atoms with E-state index in [4.69, 9.17) is 9.47 Å². The van der Waals surface area contributed by atoms with Crippen molar-refractivity contribution >= 4 is 23.0 Å². The third-order valence-corrected chi connectivity index (χ3v) is 3.80. The number of esters is 1. The summed E-state index contributed by atoms with van der Waals surface area (Å²) < 4.78 is 12.3. The molecule has 0 bridgehead atoms. The Bertz CT molecular complexity index is 1060. The molecular weight excluding hydrogens is 368 g/mol. The van der Waals surface area contributed by atoms with Gasteiger partial charge in [0.1, 0.15) is 25.2 Å². The summed E-state index contributed by atoms with van der Waals surface area (Å²) in [7, 11) is 1.56. The summed E-state index contributed by atoms with van der Waals surface area (Å²) in [5.74, 6) is -0.407. The molecule has 11 nitrogen and oxygen atoms in total. The van der Waals surface area contributed by atoms with Crippen molar-refractivity contribution in [1.29, 1.82) is 0 Å². The van der Waals surface area contributed by atoms with E-state index in [-0.39, 0.29) is 30.9 Å². The van der Waals surface area contributed by atoms with Crippen molar-refractivity contribution in [2.45, 2.75) is 13.5 Å². The van der Waals surface area contributed by atoms with Crippen molar-refractivity contribution in [2.24, 2.45) is 0 Å². The van der Waals surface area contributed by atoms with E-state index < -0.39 is 17.4 Å². The molecule has 3 aromatic rings. The summed E-state index contributed by atoms with van der Waals surface area (Å²) in [6.45, 7) is 1.30. The van der Waals surface area contributed by atoms with Crippen LogP contribution >= 0.6 is 0 Å². The van der Waals surface area contributed by atoms with Crippen LogP contribution in [-0.4, -0.2) is 56.7 Å². The average Bonchev–Trinajstić information content (AvgIpc) is 3.14. The number of fused-ring (bicyclic) bond motifs is 1. The van der Waals surface area contributed by atoms with Crippen LogP contribution in [0.25, 0.3) is 16.9 Å². The minimum Gasteiger partial charge on any atom is -0.497 e. The molecule has 1 N–H and O–H groups in total. The molecule has 146 valence electrons. The largest absolute Gasteiger partial charge is 0.497 e. The molecule has 3 rings (SSSR count). The van der Waals surface area contributed by atoms with Crippen molar-refractivity contribution in [3.05, 3.63) is 40.9 Å². The number of hydrogen-bond donors (Lipinski definition) is 1. The Kier molecular flexibility index (Phi) is 5.63. The molecule has 1 amide bonds. The fourth-order valence-electron chi connectivity index (χ4n) is 2.45. The molecule has 0 atom stereocenters. The van der Waals surface area contributed by atoms with Crippen LogP contribution in [0.4, 0.5) is 0 Å². The highest BCUT2D eigenvalue weighted by atomic mass is 16.5. The summed E-state index contributed by atoms with van der Waals surface area (Å²) in [6, 6.07) is 7.00. The number of rotatable bonds is 7. The predicted octanol–water partition coefficient (Wildman–Crippen LogP) is -0.335. The first-order chi connectivity index (χ1) is 13.5. The van der Waals surface area contributed by atoms with Crippen molar-refractivity contribution in [3.63, 3.8) is 0 Å². The highest BCUT2D eigenvalue weighted by Crippen LogP contribution is 2.16. The second-order valence-electron chi connectivity index (χ2n) is 5.63. The fourth-order valence-corrected chi connectivity index (χ4v) is 2.45. The summed E-state index contributed by atoms with van der Waals surface area (Å²) in [6.07, 6.45) is 1.23. The Morgan fingerprint density at radius 1 is 1.21 bits per heavy atom. The van der Waals surface area contributed by atoms with Crippen molar-refractivity contribution in [2.75, 3.05) is 20.3 Å². The number of amides is 1. The number of nitrogens with zero attached hydrogens (tertiary/aromatic N) is 5. The maximum Gasteiger partial charge on any atom is 0.325 e. The minimum atomic E-state index is -0.556. The topological polar surface area (TPSA) is 130 Å². The SMILES string of the molecule is CCOC(=O)CNC(=O)Cn1cnc2c(nnn2-c2ccc(OC)cc2)c1=O. The Morgan fingerprint density at radius 2 is 1.96 bits per heavy atom. The monoisotopic (exact) mass is 386 g/mol. The summed E-state index contributed by atoms with van der Waals surface area (Å²) in [4.78, 5) is 40.0. The molecule has 0 saturated heterocycles. The quantitative estimate of drug-likeness (QED) is 0.546. The second-order valence-corrected chi connectivity index (χ2v) is 5.63. The lowest BCUT2D eigenvalue weighted by molar-refractivity contribution is -0.143. The van der Waals surface area contributed by atoms with E-state index >= 15 is 0 Å². The van der Waals surface area contributed by atoms with Crippen LogP contribution in [0, 0.1) is 0 Å². The summed E-state index contributed by atoms with van der Waals surface area (Å²) in [5.41, 5.74) is 0.422. The Balaban J connectivity index is 1.79. The van der Waals surface area contributed by atoms with Crippen LogP contribution in [0.15, 0.2) is 35.4 Å². The first-order valence-corrected chi connectivity index (χ1v) is 8.41. The van der Waals surface area contributed by atoms with Gasteiger partial charge in [-0.3, -0.25) is 19.0 Å². The van der Waals surface area contributed by atoms with Gasteiger partial charge in [0.2, 0.25) is 5.91 Å². The maximum atomic E-state index is 12.6. The normalized spacial score (nSPS) is 10.6. The van der Waals surface area contributed by atoms with Crippen LogP contribution in [0.2, 0.25) is 0 Å². The van der Waals surface area contributed by atoms with Gasteiger partial charge >= 0.3 is 5.97 Å². The van der Waals surface area contributed by atoms with Crippen LogP contribution in [-0.2, 0) is 20.9 Å². The zero-order chi connectivity index (χ0) is 20.1. The molecule has 2 heterocycles. The number of nitrogens with one attached hydrogen (secondary N) is 1. The Morgan fingerprint density at radius 3 is 2.64 bits per heavy atom. The van der Waals surface area contributed by atoms with Gasteiger partial charge in [-0.25, -0.2) is 4.98 Å². The standard InChI is InChI=1S/C17H18N6O5/c1-3-28-14(25)8-18-13(24)9-22-10-19-16-15(17(22)26)20-21-23(16)11-4-6-12(27-2)7-5-11/h4-7,10H,3,8-9H2,1-2H3,(H,18,24). The molecule has 2 aromatic heterocycles. The third kappa shape index (κ3) is 3.98. The van der Waals surface area contributed by atoms with Crippen LogP contribution in [0.1, 0.15) is 6.92 Å². The molecule has 0 radical (unpaired) electrons. The van der Waals surface area contributed by atoms with Crippen LogP contribution in [0.3, 0.4) is 0 Å². The lowest BCUT2D eigenvalue weighted by Gasteiger charge is -2.07. The number of ether oxygens (including phenoxy) is 2. The van der Waals surface area contributed by atoms with Gasteiger partial charge in [0.15, 0.2) is 11.2 Å². The van der Waals surface area contributed by atoms with Gasteiger partial charge in [-0.2, -0.15) is 4.68 Å². The average molecular weight is 386 g/mol. The molecule has 0 aliphatic heterocycles. The second kappa shape index (κ2) is 8.29. The van der Waals surface area contributed by atoms with Gasteiger partial charge in [-0.05, 0) is 31.2 Å². The van der Waals surface area contributed by atoms with E-state index in [1.165, 1.54) is 11.0 Å². The highest BCUT2D eigenvalue weighted by Gasteiger charge is 2.15. The number of carbonyl (C=O) groups excluding carboxylic acids is 2. The number of hydrogen-bond acceptors (Lipinski definition) is 8. The van der Waals surface area contributed by atoms with Gasteiger partial charge in [-0.15, -0.1) is 5.10 Å². The first kappa shape index (κ1) is 19.0. The molecular formula is C17H18N6O5. The van der Waals surface area contributed by atoms with E-state index in [0.717, 1.165) is 4.57 Å². The molecule has 0 spiro atoms. The van der Waals surface area contributed by atoms with Crippen LogP contribution < -0.4 is 15.6 Å². The highest BCUT2D eigenvalue weighted by molar-refractivity contribution is 5.82. The fraction of sp³-hybridized carbons (Fsp3) is 0.294. The van der Waals surface area contributed by atoms with E-state index in [2.05, 4.69) is 20.6 Å². The number of methoxy groups -OCH3 is 1. The van der Waals surface area contributed by atoms with Crippen molar-refractivity contribution in [3.8, 4) is 11.4 Å². The lowest BCUT2D eigenvalue weighted by Crippen LogP contribution is -2.36. The van der Waals surface area contributed by atoms with E-state index in [1.807, 2.05) is 0 Å². The lowest BCUT2D eigenvalue weighted by atomic mass is 10.3. The zero-order valence-corrected chi connectivity index (χ0v) is 15.3. The van der Waals surface area contributed by atoms with Gasteiger partial charge in [0.25, 0.3) is 5.56 Å². The molecule has 28 heavy (non-hydrogen) atoms. The smallest absolute Gasteiger partial charge is 0.325 e. The van der Waals surface area contributed by atoms with E-state index in [1.54, 1.807) is 38.3 Å². The molecule has 1 aromatic carbocycles. The zero-order valence-electron chi connectivity index (χ0n) is 15.3. The number of benzene rings is 1. The van der Waals surface area contributed by atoms with Crippen LogP contribution in [0.5, 0.6) is 5.75 Å². The van der Waals surface area contributed by atoms with Crippen molar-refractivity contribution in [1.82, 2.24) is 29.9 Å². The van der Waals surface area contributed by atoms with Gasteiger partial charge in [0.05, 0.1) is 19.4 Å². The van der Waals surface area contributed by atoms with Crippen molar-refractivity contribution < 1.29 is 19.1 Å². The molecule has 0 fully saturated rings. The molecule has 0 aliphatic carbocycles. The van der Waals surface area contributed by atoms with E-state index in [0.29, 0.717) is 11.4 Å². The first-order valence-electron chi connectivity index (χ1n) is 8.41. The molecule has 0 aliphatic rings. The summed E-state index contributed by atoms with van der Waals surface area (Å²) in [5, 5.41) is 10.2. The Hall–Kier alpha value is -3.76. The van der Waals surface area contributed by atoms with E-state index in [9.17, 15) is 14.4 Å². The minimum absolute atomic E-state index is 0.0245. The summed E-state index contributed by atoms with van der Waals surface area (Å²) >= 11 is 0.